The largest absolute Gasteiger partial charge is 0.469 e. The highest BCUT2D eigenvalue weighted by Gasteiger charge is 2.45. The average Bonchev–Trinajstić information content (AvgIpc) is 3.28. The minimum absolute atomic E-state index is 0.0254. The second-order valence-electron chi connectivity index (χ2n) is 5.69. The van der Waals surface area contributed by atoms with Crippen LogP contribution in [-0.4, -0.2) is 29.9 Å². The fourth-order valence-electron chi connectivity index (χ4n) is 2.37. The molecule has 4 heteroatoms. The first-order chi connectivity index (χ1) is 10.1. The number of carbonyl (C=O) groups is 2. The van der Waals surface area contributed by atoms with Gasteiger partial charge < -0.3 is 4.74 Å². The van der Waals surface area contributed by atoms with Crippen molar-refractivity contribution < 1.29 is 14.3 Å². The molecule has 1 aliphatic rings. The first kappa shape index (κ1) is 16.1. The summed E-state index contributed by atoms with van der Waals surface area (Å²) in [5.74, 6) is 0.909. The molecule has 0 amide bonds. The maximum absolute atomic E-state index is 12.5. The van der Waals surface area contributed by atoms with Gasteiger partial charge in [0.05, 0.1) is 18.8 Å². The Morgan fingerprint density at radius 2 is 1.95 bits per heavy atom. The van der Waals surface area contributed by atoms with Crippen LogP contribution in [0.1, 0.15) is 43.0 Å². The van der Waals surface area contributed by atoms with Gasteiger partial charge in [-0.05, 0) is 24.7 Å². The molecule has 0 aliphatic heterocycles. The molecule has 0 bridgehead atoms. The van der Waals surface area contributed by atoms with E-state index in [4.69, 9.17) is 4.74 Å². The third-order valence-corrected chi connectivity index (χ3v) is 5.75. The van der Waals surface area contributed by atoms with E-state index >= 15 is 0 Å². The van der Waals surface area contributed by atoms with Gasteiger partial charge in [-0.15, -0.1) is 11.8 Å². The van der Waals surface area contributed by atoms with Gasteiger partial charge in [0, 0.05) is 11.3 Å². The van der Waals surface area contributed by atoms with Crippen LogP contribution in [0.3, 0.4) is 0 Å². The zero-order valence-electron chi connectivity index (χ0n) is 12.6. The maximum Gasteiger partial charge on any atom is 0.306 e. The van der Waals surface area contributed by atoms with Crippen molar-refractivity contribution in [3.05, 3.63) is 35.9 Å². The Hall–Kier alpha value is -1.29. The van der Waals surface area contributed by atoms with E-state index < -0.39 is 0 Å². The van der Waals surface area contributed by atoms with Gasteiger partial charge in [-0.2, -0.15) is 0 Å². The van der Waals surface area contributed by atoms with Crippen LogP contribution < -0.4 is 0 Å². The SMILES string of the molecule is CCC(SCC1(CC(=O)OC)CC1)C(=O)c1ccccc1. The van der Waals surface area contributed by atoms with Gasteiger partial charge in [0.2, 0.25) is 0 Å². The number of hydrogen-bond donors (Lipinski definition) is 0. The second kappa shape index (κ2) is 7.12. The van der Waals surface area contributed by atoms with E-state index in [9.17, 15) is 9.59 Å². The van der Waals surface area contributed by atoms with Crippen LogP contribution in [0.5, 0.6) is 0 Å². The highest BCUT2D eigenvalue weighted by atomic mass is 32.2. The lowest BCUT2D eigenvalue weighted by molar-refractivity contribution is -0.141. The Labute approximate surface area is 130 Å². The molecular weight excluding hydrogens is 284 g/mol. The van der Waals surface area contributed by atoms with Crippen molar-refractivity contribution in [3.63, 3.8) is 0 Å². The predicted molar refractivity (Wildman–Crippen MR) is 85.6 cm³/mol. The number of esters is 1. The number of ketones is 1. The second-order valence-corrected chi connectivity index (χ2v) is 6.88. The number of thioether (sulfide) groups is 1. The van der Waals surface area contributed by atoms with Gasteiger partial charge in [0.1, 0.15) is 0 Å². The monoisotopic (exact) mass is 306 g/mol. The Balaban J connectivity index is 1.91. The molecule has 0 radical (unpaired) electrons. The highest BCUT2D eigenvalue weighted by molar-refractivity contribution is 8.00. The Kier molecular flexibility index (Phi) is 5.45. The molecule has 3 nitrogen and oxygen atoms in total. The molecule has 0 spiro atoms. The number of ether oxygens (including phenoxy) is 1. The van der Waals surface area contributed by atoms with Gasteiger partial charge in [0.25, 0.3) is 0 Å². The molecule has 1 unspecified atom stereocenters. The summed E-state index contributed by atoms with van der Waals surface area (Å²) in [6.07, 6.45) is 3.41. The quantitative estimate of drug-likeness (QED) is 0.542. The smallest absolute Gasteiger partial charge is 0.306 e. The van der Waals surface area contributed by atoms with Crippen molar-refractivity contribution in [2.24, 2.45) is 5.41 Å². The number of methoxy groups -OCH3 is 1. The van der Waals surface area contributed by atoms with Crippen molar-refractivity contribution in [2.75, 3.05) is 12.9 Å². The molecule has 1 aliphatic carbocycles. The molecule has 0 saturated heterocycles. The van der Waals surface area contributed by atoms with Gasteiger partial charge in [-0.1, -0.05) is 37.3 Å². The topological polar surface area (TPSA) is 43.4 Å². The molecule has 21 heavy (non-hydrogen) atoms. The normalized spacial score (nSPS) is 17.0. The zero-order chi connectivity index (χ0) is 15.3. The molecule has 1 fully saturated rings. The summed E-state index contributed by atoms with van der Waals surface area (Å²) in [5, 5.41) is -0.0254. The van der Waals surface area contributed by atoms with E-state index in [-0.39, 0.29) is 22.4 Å². The third kappa shape index (κ3) is 4.34. The Morgan fingerprint density at radius 3 is 2.48 bits per heavy atom. The summed E-state index contributed by atoms with van der Waals surface area (Å²) in [4.78, 5) is 23.9. The minimum atomic E-state index is -0.143. The fraction of sp³-hybridized carbons (Fsp3) is 0.529. The minimum Gasteiger partial charge on any atom is -0.469 e. The number of hydrogen-bond acceptors (Lipinski definition) is 4. The lowest BCUT2D eigenvalue weighted by atomic mass is 10.1. The predicted octanol–water partition coefficient (Wildman–Crippen LogP) is 3.72. The first-order valence-corrected chi connectivity index (χ1v) is 8.43. The van der Waals surface area contributed by atoms with E-state index in [1.165, 1.54) is 7.11 Å². The van der Waals surface area contributed by atoms with E-state index in [0.29, 0.717) is 6.42 Å². The highest BCUT2D eigenvalue weighted by Crippen LogP contribution is 2.52. The molecule has 1 saturated carbocycles. The van der Waals surface area contributed by atoms with E-state index in [2.05, 4.69) is 0 Å². The first-order valence-electron chi connectivity index (χ1n) is 7.38. The summed E-state index contributed by atoms with van der Waals surface area (Å²) in [6, 6.07) is 9.44. The molecule has 2 rings (SSSR count). The van der Waals surface area contributed by atoms with Gasteiger partial charge in [-0.25, -0.2) is 0 Å². The summed E-state index contributed by atoms with van der Waals surface area (Å²) >= 11 is 1.69. The van der Waals surface area contributed by atoms with E-state index in [1.807, 2.05) is 37.3 Å². The van der Waals surface area contributed by atoms with Crippen molar-refractivity contribution in [3.8, 4) is 0 Å². The Bertz CT molecular complexity index is 494. The van der Waals surface area contributed by atoms with Crippen LogP contribution >= 0.6 is 11.8 Å². The molecule has 0 aromatic heterocycles. The number of benzene rings is 1. The molecule has 0 heterocycles. The van der Waals surface area contributed by atoms with E-state index in [0.717, 1.165) is 30.6 Å². The molecule has 1 aromatic rings. The fourth-order valence-corrected chi connectivity index (χ4v) is 3.84. The van der Waals surface area contributed by atoms with Crippen molar-refractivity contribution in [1.82, 2.24) is 0 Å². The summed E-state index contributed by atoms with van der Waals surface area (Å²) in [5.41, 5.74) is 0.844. The third-order valence-electron chi connectivity index (χ3n) is 4.02. The van der Waals surface area contributed by atoms with Crippen molar-refractivity contribution in [2.45, 2.75) is 37.9 Å². The molecular formula is C17H22O3S. The van der Waals surface area contributed by atoms with Gasteiger partial charge in [0.15, 0.2) is 5.78 Å². The lowest BCUT2D eigenvalue weighted by Crippen LogP contribution is -2.20. The van der Waals surface area contributed by atoms with Crippen LogP contribution in [0, 0.1) is 5.41 Å². The number of Topliss-reactive ketones (excluding diaryl/α,β-unsaturated/α-hetero) is 1. The van der Waals surface area contributed by atoms with E-state index in [1.54, 1.807) is 11.8 Å². The van der Waals surface area contributed by atoms with Crippen LogP contribution in [-0.2, 0) is 9.53 Å². The van der Waals surface area contributed by atoms with Crippen molar-refractivity contribution >= 4 is 23.5 Å². The van der Waals surface area contributed by atoms with Gasteiger partial charge >= 0.3 is 5.97 Å². The summed E-state index contributed by atoms with van der Waals surface area (Å²) in [6.45, 7) is 2.04. The Morgan fingerprint density at radius 1 is 1.29 bits per heavy atom. The van der Waals surface area contributed by atoms with Crippen molar-refractivity contribution in [1.29, 1.82) is 0 Å². The number of carbonyl (C=O) groups excluding carboxylic acids is 2. The van der Waals surface area contributed by atoms with Gasteiger partial charge in [-0.3, -0.25) is 9.59 Å². The average molecular weight is 306 g/mol. The molecule has 114 valence electrons. The molecule has 0 N–H and O–H groups in total. The molecule has 1 atom stereocenters. The lowest BCUT2D eigenvalue weighted by Gasteiger charge is -2.18. The standard InChI is InChI=1S/C17H22O3S/c1-3-14(16(19)13-7-5-4-6-8-13)21-12-17(9-10-17)11-15(18)20-2/h4-8,14H,3,9-12H2,1-2H3. The summed E-state index contributed by atoms with van der Waals surface area (Å²) in [7, 11) is 1.43. The van der Waals surface area contributed by atoms with Crippen LogP contribution in [0.25, 0.3) is 0 Å². The van der Waals surface area contributed by atoms with Crippen LogP contribution in [0.2, 0.25) is 0 Å². The van der Waals surface area contributed by atoms with Crippen LogP contribution in [0.15, 0.2) is 30.3 Å². The van der Waals surface area contributed by atoms with Crippen LogP contribution in [0.4, 0.5) is 0 Å². The maximum atomic E-state index is 12.5. The zero-order valence-corrected chi connectivity index (χ0v) is 13.4. The number of rotatable bonds is 8. The summed E-state index contributed by atoms with van der Waals surface area (Å²) < 4.78 is 4.76. The molecule has 1 aromatic carbocycles.